The molecule has 1 N–H and O–H groups in total. The number of methoxy groups -OCH3 is 1. The largest absolute Gasteiger partial charge is 0.374 e. The molecule has 1 heterocycles. The van der Waals surface area contributed by atoms with Crippen molar-refractivity contribution < 1.29 is 4.74 Å². The molecule has 0 aliphatic rings. The number of thioether (sulfide) groups is 1. The molecular weight excluding hydrogens is 174 g/mol. The molecule has 0 unspecified atom stereocenters. The predicted octanol–water partition coefficient (Wildman–Crippen LogP) is 1.62. The van der Waals surface area contributed by atoms with Gasteiger partial charge < -0.3 is 4.74 Å². The number of nitrogens with zero attached hydrogens (tertiary/aromatic N) is 2. The van der Waals surface area contributed by atoms with Crippen molar-refractivity contribution in [1.82, 2.24) is 15.2 Å². The van der Waals surface area contributed by atoms with Gasteiger partial charge in [0.1, 0.15) is 5.82 Å². The summed E-state index contributed by atoms with van der Waals surface area (Å²) in [4.78, 5) is 4.26. The Labute approximate surface area is 76.1 Å². The van der Waals surface area contributed by atoms with Gasteiger partial charge in [0.2, 0.25) is 5.16 Å². The highest BCUT2D eigenvalue weighted by Gasteiger charge is 2.05. The minimum absolute atomic E-state index is 0.398. The van der Waals surface area contributed by atoms with Crippen LogP contribution in [0.3, 0.4) is 0 Å². The molecule has 0 aliphatic heterocycles. The maximum Gasteiger partial charge on any atom is 0.210 e. The fourth-order valence-electron chi connectivity index (χ4n) is 0.693. The Morgan fingerprint density at radius 1 is 1.58 bits per heavy atom. The summed E-state index contributed by atoms with van der Waals surface area (Å²) in [6.07, 6.45) is 0. The molecule has 4 nitrogen and oxygen atoms in total. The topological polar surface area (TPSA) is 50.8 Å². The van der Waals surface area contributed by atoms with Crippen molar-refractivity contribution >= 4 is 11.8 Å². The quantitative estimate of drug-likeness (QED) is 0.575. The monoisotopic (exact) mass is 187 g/mol. The molecule has 0 aliphatic carbocycles. The molecule has 0 aromatic carbocycles. The fraction of sp³-hybridized carbons (Fsp3) is 0.714. The molecule has 1 aromatic rings. The van der Waals surface area contributed by atoms with Crippen LogP contribution < -0.4 is 0 Å². The van der Waals surface area contributed by atoms with Crippen LogP contribution in [0.25, 0.3) is 0 Å². The Bertz CT molecular complexity index is 236. The molecule has 0 spiro atoms. The number of H-pyrrole nitrogens is 1. The van der Waals surface area contributed by atoms with E-state index in [1.165, 1.54) is 11.8 Å². The first kappa shape index (κ1) is 9.54. The van der Waals surface area contributed by atoms with E-state index in [1.54, 1.807) is 7.11 Å². The van der Waals surface area contributed by atoms with Crippen LogP contribution in [0.15, 0.2) is 5.16 Å². The molecule has 0 atom stereocenters. The first-order valence-electron chi connectivity index (χ1n) is 3.78. The van der Waals surface area contributed by atoms with E-state index in [4.69, 9.17) is 4.74 Å². The second-order valence-electron chi connectivity index (χ2n) is 2.71. The average Bonchev–Trinajstić information content (AvgIpc) is 2.48. The first-order chi connectivity index (χ1) is 5.74. The van der Waals surface area contributed by atoms with Gasteiger partial charge in [-0.05, 0) is 0 Å². The summed E-state index contributed by atoms with van der Waals surface area (Å²) < 4.78 is 4.88. The minimum Gasteiger partial charge on any atom is -0.374 e. The van der Waals surface area contributed by atoms with Crippen molar-refractivity contribution in [2.24, 2.45) is 0 Å². The summed E-state index contributed by atoms with van der Waals surface area (Å²) in [5, 5.41) is 7.65. The highest BCUT2D eigenvalue weighted by atomic mass is 32.2. The van der Waals surface area contributed by atoms with Crippen molar-refractivity contribution in [2.45, 2.75) is 24.9 Å². The van der Waals surface area contributed by atoms with Crippen LogP contribution in [0, 0.1) is 0 Å². The van der Waals surface area contributed by atoms with Gasteiger partial charge in [0.05, 0.1) is 5.94 Å². The lowest BCUT2D eigenvalue weighted by Crippen LogP contribution is -1.89. The summed E-state index contributed by atoms with van der Waals surface area (Å²) in [7, 11) is 1.66. The molecule has 0 bridgehead atoms. The molecule has 1 rings (SSSR count). The third kappa shape index (κ3) is 2.49. The number of rotatable bonds is 4. The average molecular weight is 187 g/mol. The molecule has 0 saturated carbocycles. The lowest BCUT2D eigenvalue weighted by atomic mass is 10.2. The van der Waals surface area contributed by atoms with Crippen LogP contribution in [0.4, 0.5) is 0 Å². The summed E-state index contributed by atoms with van der Waals surface area (Å²) in [6, 6.07) is 0. The van der Waals surface area contributed by atoms with Gasteiger partial charge in [-0.25, -0.2) is 4.98 Å². The third-order valence-corrected chi connectivity index (χ3v) is 2.13. The van der Waals surface area contributed by atoms with Gasteiger partial charge in [-0.3, -0.25) is 5.10 Å². The minimum atomic E-state index is 0.398. The van der Waals surface area contributed by atoms with Crippen LogP contribution in [0.2, 0.25) is 0 Å². The maximum absolute atomic E-state index is 4.88. The third-order valence-electron chi connectivity index (χ3n) is 1.33. The summed E-state index contributed by atoms with van der Waals surface area (Å²) in [5.74, 6) is 1.91. The molecule has 5 heteroatoms. The van der Waals surface area contributed by atoms with E-state index < -0.39 is 0 Å². The lowest BCUT2D eigenvalue weighted by Gasteiger charge is -1.95. The van der Waals surface area contributed by atoms with Gasteiger partial charge >= 0.3 is 0 Å². The van der Waals surface area contributed by atoms with Crippen molar-refractivity contribution in [3.05, 3.63) is 5.82 Å². The van der Waals surface area contributed by atoms with E-state index in [0.717, 1.165) is 11.0 Å². The summed E-state index contributed by atoms with van der Waals surface area (Å²) >= 11 is 1.48. The van der Waals surface area contributed by atoms with Gasteiger partial charge in [-0.15, -0.1) is 5.10 Å². The molecule has 1 aromatic heterocycles. The number of ether oxygens (including phenoxy) is 1. The second kappa shape index (κ2) is 4.47. The Morgan fingerprint density at radius 3 is 2.83 bits per heavy atom. The zero-order valence-corrected chi connectivity index (χ0v) is 8.31. The number of aromatic amines is 1. The van der Waals surface area contributed by atoms with Crippen LogP contribution in [0.1, 0.15) is 25.6 Å². The van der Waals surface area contributed by atoms with Crippen LogP contribution in [0.5, 0.6) is 0 Å². The fourth-order valence-corrected chi connectivity index (χ4v) is 1.19. The van der Waals surface area contributed by atoms with Crippen molar-refractivity contribution in [1.29, 1.82) is 0 Å². The van der Waals surface area contributed by atoms with Gasteiger partial charge in [-0.1, -0.05) is 25.6 Å². The number of aromatic nitrogens is 3. The molecule has 0 radical (unpaired) electrons. The van der Waals surface area contributed by atoms with E-state index in [1.807, 2.05) is 0 Å². The normalized spacial score (nSPS) is 11.0. The molecule has 68 valence electrons. The maximum atomic E-state index is 4.88. The van der Waals surface area contributed by atoms with Crippen LogP contribution in [-0.2, 0) is 4.74 Å². The Balaban J connectivity index is 2.52. The van der Waals surface area contributed by atoms with E-state index in [9.17, 15) is 0 Å². The van der Waals surface area contributed by atoms with Gasteiger partial charge in [0.25, 0.3) is 0 Å². The molecule has 0 amide bonds. The van der Waals surface area contributed by atoms with Crippen LogP contribution >= 0.6 is 11.8 Å². The molecule has 0 fully saturated rings. The lowest BCUT2D eigenvalue weighted by molar-refractivity contribution is 0.258. The molecular formula is C7H13N3OS. The number of hydrogen-bond acceptors (Lipinski definition) is 4. The second-order valence-corrected chi connectivity index (χ2v) is 3.60. The zero-order valence-electron chi connectivity index (χ0n) is 7.50. The van der Waals surface area contributed by atoms with E-state index >= 15 is 0 Å². The standard InChI is InChI=1S/C7H13N3OS/c1-5(2)6-8-7(10-9-6)12-4-11-3/h5H,4H2,1-3H3,(H,8,9,10). The Kier molecular flexibility index (Phi) is 3.55. The number of hydrogen-bond donors (Lipinski definition) is 1. The highest BCUT2D eigenvalue weighted by molar-refractivity contribution is 7.99. The predicted molar refractivity (Wildman–Crippen MR) is 48.2 cm³/mol. The van der Waals surface area contributed by atoms with Crippen molar-refractivity contribution in [2.75, 3.05) is 13.0 Å². The first-order valence-corrected chi connectivity index (χ1v) is 4.76. The van der Waals surface area contributed by atoms with Gasteiger partial charge in [-0.2, -0.15) is 0 Å². The van der Waals surface area contributed by atoms with Crippen molar-refractivity contribution in [3.8, 4) is 0 Å². The highest BCUT2D eigenvalue weighted by Crippen LogP contribution is 2.15. The zero-order chi connectivity index (χ0) is 8.97. The van der Waals surface area contributed by atoms with Crippen molar-refractivity contribution in [3.63, 3.8) is 0 Å². The van der Waals surface area contributed by atoms with Crippen LogP contribution in [-0.4, -0.2) is 28.2 Å². The SMILES string of the molecule is COCSc1n[nH]c(C(C)C)n1. The van der Waals surface area contributed by atoms with E-state index in [-0.39, 0.29) is 0 Å². The smallest absolute Gasteiger partial charge is 0.210 e. The Morgan fingerprint density at radius 2 is 2.33 bits per heavy atom. The molecule has 12 heavy (non-hydrogen) atoms. The molecule has 0 saturated heterocycles. The summed E-state index contributed by atoms with van der Waals surface area (Å²) in [6.45, 7) is 4.15. The Hall–Kier alpha value is -0.550. The number of nitrogens with one attached hydrogen (secondary N) is 1. The van der Waals surface area contributed by atoms with Gasteiger partial charge in [0, 0.05) is 13.0 Å². The summed E-state index contributed by atoms with van der Waals surface area (Å²) in [5.41, 5.74) is 0. The van der Waals surface area contributed by atoms with E-state index in [2.05, 4.69) is 29.0 Å². The van der Waals surface area contributed by atoms with Gasteiger partial charge in [0.15, 0.2) is 0 Å². The van der Waals surface area contributed by atoms with E-state index in [0.29, 0.717) is 11.9 Å².